The Bertz CT molecular complexity index is 1390. The molecule has 13 heteroatoms. The highest BCUT2D eigenvalue weighted by Gasteiger charge is 2.39. The first kappa shape index (κ1) is 26.3. The highest BCUT2D eigenvalue weighted by atomic mass is 32.2. The summed E-state index contributed by atoms with van der Waals surface area (Å²) in [5.74, 6) is -0.898. The second-order valence-electron chi connectivity index (χ2n) is 8.98. The van der Waals surface area contributed by atoms with Crippen LogP contribution >= 0.6 is 0 Å². The molecule has 1 saturated heterocycles. The second-order valence-corrected chi connectivity index (χ2v) is 13.3. The Balaban J connectivity index is 1.59. The lowest BCUT2D eigenvalue weighted by molar-refractivity contribution is -0.189. The van der Waals surface area contributed by atoms with Crippen LogP contribution in [0.5, 0.6) is 5.75 Å². The molecule has 4 rings (SSSR count). The number of nitrogens with zero attached hydrogens (tertiary/aromatic N) is 2. The highest BCUT2D eigenvalue weighted by molar-refractivity contribution is 7.91. The molecule has 2 aromatic rings. The summed E-state index contributed by atoms with van der Waals surface area (Å²) in [5, 5.41) is 0. The molecule has 0 spiro atoms. The van der Waals surface area contributed by atoms with Crippen molar-refractivity contribution in [2.45, 2.75) is 37.2 Å². The number of rotatable bonds is 5. The van der Waals surface area contributed by atoms with Crippen LogP contribution in [0.15, 0.2) is 41.3 Å². The fourth-order valence-corrected chi connectivity index (χ4v) is 5.98. The molecule has 36 heavy (non-hydrogen) atoms. The molecule has 2 aliphatic heterocycles. The molecule has 1 fully saturated rings. The molecule has 1 atom stereocenters. The van der Waals surface area contributed by atoms with Gasteiger partial charge in [-0.2, -0.15) is 13.2 Å². The molecule has 0 unspecified atom stereocenters. The van der Waals surface area contributed by atoms with Crippen LogP contribution in [-0.2, 0) is 32.8 Å². The van der Waals surface area contributed by atoms with E-state index >= 15 is 0 Å². The van der Waals surface area contributed by atoms with E-state index in [9.17, 15) is 34.8 Å². The third kappa shape index (κ3) is 5.61. The molecule has 0 bridgehead atoms. The highest BCUT2D eigenvalue weighted by Crippen LogP contribution is 2.33. The molecular weight excluding hydrogens is 521 g/mol. The van der Waals surface area contributed by atoms with E-state index in [1.807, 2.05) is 23.1 Å². The molecule has 0 N–H and O–H groups in total. The van der Waals surface area contributed by atoms with Crippen LogP contribution in [0.2, 0.25) is 0 Å². The van der Waals surface area contributed by atoms with Gasteiger partial charge in [-0.1, -0.05) is 6.07 Å². The fourth-order valence-electron chi connectivity index (χ4n) is 4.13. The van der Waals surface area contributed by atoms with Gasteiger partial charge in [0.25, 0.3) is 5.91 Å². The minimum Gasteiger partial charge on any atom is -0.480 e. The summed E-state index contributed by atoms with van der Waals surface area (Å²) in [6, 6.07) is 8.76. The number of benzene rings is 2. The number of fused-ring (bicyclic) bond motifs is 1. The standard InChI is InChI=1S/C23H25F3N2O6S2/c1-15(23(24,25)26)34-21-6-5-19(35(2,30)31)12-20(21)22(29)28-13-16-3-4-18(11-17(16)14-28)27-7-9-36(32,33)10-8-27/h3-6,11-12,15H,7-10,13-14H2,1-2H3/t15-/m0/s1. The lowest BCUT2D eigenvalue weighted by Crippen LogP contribution is -2.40. The summed E-state index contributed by atoms with van der Waals surface area (Å²) < 4.78 is 91.8. The van der Waals surface area contributed by atoms with Crippen molar-refractivity contribution in [2.75, 3.05) is 35.8 Å². The number of halogens is 3. The Hall–Kier alpha value is -2.80. The predicted molar refractivity (Wildman–Crippen MR) is 127 cm³/mol. The lowest BCUT2D eigenvalue weighted by Gasteiger charge is -2.29. The molecule has 1 amide bonds. The van der Waals surface area contributed by atoms with E-state index in [-0.39, 0.29) is 40.8 Å². The summed E-state index contributed by atoms with van der Waals surface area (Å²) in [6.07, 6.45) is -5.95. The quantitative estimate of drug-likeness (QED) is 0.569. The average molecular weight is 547 g/mol. The molecule has 0 aromatic heterocycles. The van der Waals surface area contributed by atoms with Crippen molar-refractivity contribution in [3.8, 4) is 5.75 Å². The monoisotopic (exact) mass is 546 g/mol. The van der Waals surface area contributed by atoms with Gasteiger partial charge in [0.15, 0.2) is 25.8 Å². The number of ether oxygens (including phenoxy) is 1. The lowest BCUT2D eigenvalue weighted by atomic mass is 10.1. The van der Waals surface area contributed by atoms with Crippen molar-refractivity contribution in [1.29, 1.82) is 0 Å². The summed E-state index contributed by atoms with van der Waals surface area (Å²) >= 11 is 0. The molecule has 0 saturated carbocycles. The normalized spacial score (nSPS) is 18.6. The molecule has 0 radical (unpaired) electrons. The minimum atomic E-state index is -4.68. The van der Waals surface area contributed by atoms with Gasteiger partial charge in [0.05, 0.1) is 22.0 Å². The molecule has 2 aliphatic rings. The number of sulfone groups is 2. The van der Waals surface area contributed by atoms with Crippen molar-refractivity contribution >= 4 is 31.3 Å². The summed E-state index contributed by atoms with van der Waals surface area (Å²) in [7, 11) is -6.77. The first-order valence-electron chi connectivity index (χ1n) is 11.1. The van der Waals surface area contributed by atoms with E-state index in [4.69, 9.17) is 4.74 Å². The number of anilines is 1. The van der Waals surface area contributed by atoms with Crippen LogP contribution in [0.4, 0.5) is 18.9 Å². The van der Waals surface area contributed by atoms with Crippen LogP contribution in [-0.4, -0.2) is 70.8 Å². The zero-order chi connectivity index (χ0) is 26.5. The number of hydrogen-bond donors (Lipinski definition) is 0. The molecule has 196 valence electrons. The SMILES string of the molecule is C[C@H](Oc1ccc(S(C)(=O)=O)cc1C(=O)N1Cc2ccc(N3CCS(=O)(=O)CC3)cc2C1)C(F)(F)F. The Kier molecular flexibility index (Phi) is 6.75. The van der Waals surface area contributed by atoms with Gasteiger partial charge in [0.2, 0.25) is 0 Å². The largest absolute Gasteiger partial charge is 0.480 e. The van der Waals surface area contributed by atoms with Crippen LogP contribution in [0.25, 0.3) is 0 Å². The number of amides is 1. The van der Waals surface area contributed by atoms with Crippen LogP contribution in [0, 0.1) is 0 Å². The van der Waals surface area contributed by atoms with Crippen LogP contribution < -0.4 is 9.64 Å². The van der Waals surface area contributed by atoms with Gasteiger partial charge in [0, 0.05) is 38.1 Å². The molecule has 8 nitrogen and oxygen atoms in total. The number of carbonyl (C=O) groups excluding carboxylic acids is 1. The Labute approximate surface area is 207 Å². The predicted octanol–water partition coefficient (Wildman–Crippen LogP) is 2.81. The van der Waals surface area contributed by atoms with Gasteiger partial charge in [0.1, 0.15) is 5.75 Å². The molecular formula is C23H25F3N2O6S2. The van der Waals surface area contributed by atoms with E-state index in [2.05, 4.69) is 0 Å². The number of carbonyl (C=O) groups is 1. The maximum Gasteiger partial charge on any atom is 0.425 e. The molecule has 2 aromatic carbocycles. The van der Waals surface area contributed by atoms with Crippen molar-refractivity contribution in [2.24, 2.45) is 0 Å². The number of alkyl halides is 3. The van der Waals surface area contributed by atoms with E-state index in [0.29, 0.717) is 13.1 Å². The maximum atomic E-state index is 13.4. The van der Waals surface area contributed by atoms with Gasteiger partial charge in [-0.05, 0) is 48.4 Å². The van der Waals surface area contributed by atoms with Crippen molar-refractivity contribution in [3.05, 3.63) is 53.1 Å². The van der Waals surface area contributed by atoms with Gasteiger partial charge < -0.3 is 14.5 Å². The van der Waals surface area contributed by atoms with Crippen molar-refractivity contribution < 1.29 is 39.5 Å². The van der Waals surface area contributed by atoms with Crippen molar-refractivity contribution in [1.82, 2.24) is 4.90 Å². The summed E-state index contributed by atoms with van der Waals surface area (Å²) in [6.45, 7) is 1.86. The molecule has 0 aliphatic carbocycles. The second kappa shape index (κ2) is 9.25. The first-order valence-corrected chi connectivity index (χ1v) is 14.8. The Morgan fingerprint density at radius 3 is 2.28 bits per heavy atom. The van der Waals surface area contributed by atoms with Gasteiger partial charge in [-0.3, -0.25) is 4.79 Å². The average Bonchev–Trinajstić information content (AvgIpc) is 3.21. The Morgan fingerprint density at radius 1 is 1.03 bits per heavy atom. The van der Waals surface area contributed by atoms with Crippen LogP contribution in [0.3, 0.4) is 0 Å². The minimum absolute atomic E-state index is 0.0600. The summed E-state index contributed by atoms with van der Waals surface area (Å²) in [4.78, 5) is 16.5. The summed E-state index contributed by atoms with van der Waals surface area (Å²) in [5.41, 5.74) is 2.20. The zero-order valence-electron chi connectivity index (χ0n) is 19.6. The van der Waals surface area contributed by atoms with Crippen molar-refractivity contribution in [3.63, 3.8) is 0 Å². The topological polar surface area (TPSA) is 101 Å². The van der Waals surface area contributed by atoms with Crippen LogP contribution in [0.1, 0.15) is 28.4 Å². The van der Waals surface area contributed by atoms with Gasteiger partial charge in [-0.25, -0.2) is 16.8 Å². The number of hydrogen-bond acceptors (Lipinski definition) is 7. The third-order valence-electron chi connectivity index (χ3n) is 6.28. The third-order valence-corrected chi connectivity index (χ3v) is 9.00. The maximum absolute atomic E-state index is 13.4. The fraction of sp³-hybridized carbons (Fsp3) is 0.435. The molecule has 2 heterocycles. The Morgan fingerprint density at radius 2 is 1.67 bits per heavy atom. The van der Waals surface area contributed by atoms with Gasteiger partial charge in [-0.15, -0.1) is 0 Å². The van der Waals surface area contributed by atoms with E-state index in [1.54, 1.807) is 0 Å². The van der Waals surface area contributed by atoms with E-state index in [1.165, 1.54) is 4.90 Å². The first-order chi connectivity index (χ1) is 16.6. The zero-order valence-corrected chi connectivity index (χ0v) is 21.2. The van der Waals surface area contributed by atoms with Gasteiger partial charge >= 0.3 is 6.18 Å². The smallest absolute Gasteiger partial charge is 0.425 e. The van der Waals surface area contributed by atoms with E-state index < -0.39 is 37.9 Å². The van der Waals surface area contributed by atoms with E-state index in [0.717, 1.165) is 48.2 Å².